The fraction of sp³-hybridized carbons (Fsp3) is 0.233. The Balaban J connectivity index is 1.36. The molecule has 1 saturated heterocycles. The maximum Gasteiger partial charge on any atom is 0.261 e. The SMILES string of the molecule is CC1C(CSc2ncccn2)OC(c2ccc(NC(=O)c3c(F)c(F)c(F)c(F)c3F)cc2)OC1c1ccc(CO)cc1. The number of hydrogen-bond acceptors (Lipinski definition) is 7. The van der Waals surface area contributed by atoms with Gasteiger partial charge in [0.1, 0.15) is 5.56 Å². The Hall–Kier alpha value is -3.91. The number of nitrogens with one attached hydrogen (secondary N) is 1. The lowest BCUT2D eigenvalue weighted by molar-refractivity contribution is -0.268. The van der Waals surface area contributed by atoms with Gasteiger partial charge in [-0.1, -0.05) is 55.1 Å². The molecule has 0 spiro atoms. The highest BCUT2D eigenvalue weighted by Crippen LogP contribution is 2.43. The van der Waals surface area contributed by atoms with Crippen LogP contribution in [0.3, 0.4) is 0 Å². The molecule has 4 aromatic rings. The van der Waals surface area contributed by atoms with E-state index < -0.39 is 53.0 Å². The van der Waals surface area contributed by atoms with Gasteiger partial charge in [-0.15, -0.1) is 0 Å². The van der Waals surface area contributed by atoms with E-state index in [9.17, 15) is 31.9 Å². The highest BCUT2D eigenvalue weighted by molar-refractivity contribution is 7.99. The molecule has 3 aromatic carbocycles. The van der Waals surface area contributed by atoms with Gasteiger partial charge in [-0.05, 0) is 29.3 Å². The van der Waals surface area contributed by atoms with Crippen molar-refractivity contribution >= 4 is 23.4 Å². The van der Waals surface area contributed by atoms with Crippen LogP contribution in [0.2, 0.25) is 0 Å². The van der Waals surface area contributed by atoms with E-state index in [0.29, 0.717) is 16.5 Å². The molecule has 7 nitrogen and oxygen atoms in total. The number of hydrogen-bond donors (Lipinski definition) is 2. The third-order valence-corrected chi connectivity index (χ3v) is 7.88. The third-order valence-electron chi connectivity index (χ3n) is 6.92. The number of aromatic nitrogens is 2. The van der Waals surface area contributed by atoms with Crippen LogP contribution in [-0.2, 0) is 16.1 Å². The summed E-state index contributed by atoms with van der Waals surface area (Å²) in [6.45, 7) is 1.90. The Morgan fingerprint density at radius 2 is 1.44 bits per heavy atom. The zero-order chi connectivity index (χ0) is 30.7. The zero-order valence-electron chi connectivity index (χ0n) is 22.4. The lowest BCUT2D eigenvalue weighted by Crippen LogP contribution is -2.38. The number of anilines is 1. The number of ether oxygens (including phenoxy) is 2. The summed E-state index contributed by atoms with van der Waals surface area (Å²) in [4.78, 5) is 20.9. The van der Waals surface area contributed by atoms with Gasteiger partial charge >= 0.3 is 0 Å². The molecular weight excluding hydrogens is 593 g/mol. The molecule has 1 fully saturated rings. The number of halogens is 5. The monoisotopic (exact) mass is 617 g/mol. The summed E-state index contributed by atoms with van der Waals surface area (Å²) in [7, 11) is 0. The van der Waals surface area contributed by atoms with E-state index >= 15 is 0 Å². The van der Waals surface area contributed by atoms with Crippen LogP contribution in [0.5, 0.6) is 0 Å². The molecule has 224 valence electrons. The minimum Gasteiger partial charge on any atom is -0.392 e. The highest BCUT2D eigenvalue weighted by Gasteiger charge is 2.38. The fourth-order valence-corrected chi connectivity index (χ4v) is 5.51. The Kier molecular flexibility index (Phi) is 9.35. The molecule has 1 aromatic heterocycles. The van der Waals surface area contributed by atoms with Crippen LogP contribution in [0.15, 0.2) is 72.1 Å². The van der Waals surface area contributed by atoms with Crippen LogP contribution in [-0.4, -0.2) is 32.8 Å². The predicted octanol–water partition coefficient (Wildman–Crippen LogP) is 6.50. The highest BCUT2D eigenvalue weighted by atomic mass is 32.2. The molecule has 1 amide bonds. The number of carbonyl (C=O) groups excluding carboxylic acids is 1. The van der Waals surface area contributed by atoms with Crippen LogP contribution in [0.25, 0.3) is 0 Å². The summed E-state index contributed by atoms with van der Waals surface area (Å²) in [5, 5.41) is 12.2. The molecule has 13 heteroatoms. The summed E-state index contributed by atoms with van der Waals surface area (Å²) >= 11 is 1.42. The summed E-state index contributed by atoms with van der Waals surface area (Å²) in [6, 6.07) is 14.9. The Bertz CT molecular complexity index is 1570. The van der Waals surface area contributed by atoms with Gasteiger partial charge in [-0.3, -0.25) is 4.79 Å². The van der Waals surface area contributed by atoms with Crippen molar-refractivity contribution in [3.05, 3.63) is 118 Å². The second kappa shape index (κ2) is 13.2. The quantitative estimate of drug-likeness (QED) is 0.0767. The van der Waals surface area contributed by atoms with Crippen LogP contribution < -0.4 is 5.32 Å². The lowest BCUT2D eigenvalue weighted by Gasteiger charge is -2.41. The minimum atomic E-state index is -2.35. The molecule has 1 aliphatic heterocycles. The van der Waals surface area contributed by atoms with Gasteiger partial charge < -0.3 is 19.9 Å². The van der Waals surface area contributed by atoms with Crippen molar-refractivity contribution in [2.24, 2.45) is 5.92 Å². The van der Waals surface area contributed by atoms with E-state index in [0.717, 1.165) is 11.1 Å². The van der Waals surface area contributed by atoms with Crippen LogP contribution >= 0.6 is 11.8 Å². The number of nitrogens with zero attached hydrogens (tertiary/aromatic N) is 2. The smallest absolute Gasteiger partial charge is 0.261 e. The summed E-state index contributed by atoms with van der Waals surface area (Å²) in [5.41, 5.74) is 0.606. The second-order valence-corrected chi connectivity index (χ2v) is 10.7. The van der Waals surface area contributed by atoms with Gasteiger partial charge in [0.2, 0.25) is 5.82 Å². The topological polar surface area (TPSA) is 93.6 Å². The summed E-state index contributed by atoms with van der Waals surface area (Å²) in [6.07, 6.45) is 1.71. The van der Waals surface area contributed by atoms with Crippen molar-refractivity contribution in [2.45, 2.75) is 37.2 Å². The molecule has 0 bridgehead atoms. The molecule has 0 saturated carbocycles. The van der Waals surface area contributed by atoms with Crippen LogP contribution in [0.4, 0.5) is 27.6 Å². The van der Waals surface area contributed by atoms with E-state index in [4.69, 9.17) is 9.47 Å². The lowest BCUT2D eigenvalue weighted by atomic mass is 9.91. The number of aliphatic hydroxyl groups is 1. The fourth-order valence-electron chi connectivity index (χ4n) is 4.55. The minimum absolute atomic E-state index is 0.0337. The van der Waals surface area contributed by atoms with E-state index in [1.165, 1.54) is 23.9 Å². The average molecular weight is 618 g/mol. The van der Waals surface area contributed by atoms with Crippen molar-refractivity contribution in [1.29, 1.82) is 0 Å². The van der Waals surface area contributed by atoms with Gasteiger partial charge in [-0.2, -0.15) is 0 Å². The first-order chi connectivity index (χ1) is 20.7. The first-order valence-electron chi connectivity index (χ1n) is 13.0. The van der Waals surface area contributed by atoms with E-state index in [2.05, 4.69) is 15.3 Å². The number of rotatable bonds is 8. The first kappa shape index (κ1) is 30.5. The standard InChI is InChI=1S/C30H24F5N3O4S/c1-15-20(14-43-30-36-11-2-12-37-30)41-29(42-27(15)17-5-3-16(13-39)4-6-17)18-7-9-19(10-8-18)38-28(40)21-22(31)24(33)26(35)25(34)23(21)32/h2-12,15,20,27,29,39H,13-14H2,1H3,(H,38,40). The van der Waals surface area contributed by atoms with Crippen LogP contribution in [0, 0.1) is 35.0 Å². The third kappa shape index (κ3) is 6.54. The molecule has 5 rings (SSSR count). The molecule has 43 heavy (non-hydrogen) atoms. The molecule has 0 radical (unpaired) electrons. The number of thioether (sulfide) groups is 1. The van der Waals surface area contributed by atoms with Crippen molar-refractivity contribution in [3.63, 3.8) is 0 Å². The number of amides is 1. The summed E-state index contributed by atoms with van der Waals surface area (Å²) < 4.78 is 81.4. The van der Waals surface area contributed by atoms with Gasteiger partial charge in [0, 0.05) is 35.3 Å². The maximum atomic E-state index is 14.1. The zero-order valence-corrected chi connectivity index (χ0v) is 23.3. The molecule has 0 aliphatic carbocycles. The Morgan fingerprint density at radius 3 is 2.05 bits per heavy atom. The normalized spacial score (nSPS) is 20.2. The molecule has 4 atom stereocenters. The van der Waals surface area contributed by atoms with E-state index in [1.54, 1.807) is 42.7 Å². The Labute approximate surface area is 247 Å². The van der Waals surface area contributed by atoms with E-state index in [-0.39, 0.29) is 24.3 Å². The van der Waals surface area contributed by atoms with Crippen molar-refractivity contribution in [2.75, 3.05) is 11.1 Å². The number of benzene rings is 3. The van der Waals surface area contributed by atoms with Crippen molar-refractivity contribution < 1.29 is 41.3 Å². The maximum absolute atomic E-state index is 14.1. The molecule has 2 heterocycles. The van der Waals surface area contributed by atoms with E-state index in [1.807, 2.05) is 19.1 Å². The molecule has 1 aliphatic rings. The molecular formula is C30H24F5N3O4S. The van der Waals surface area contributed by atoms with Gasteiger partial charge in [0.25, 0.3) is 5.91 Å². The largest absolute Gasteiger partial charge is 0.392 e. The first-order valence-corrected chi connectivity index (χ1v) is 14.0. The van der Waals surface area contributed by atoms with Gasteiger partial charge in [0.15, 0.2) is 34.7 Å². The number of carbonyl (C=O) groups is 1. The summed E-state index contributed by atoms with van der Waals surface area (Å²) in [5.74, 6) is -12.4. The van der Waals surface area contributed by atoms with Crippen molar-refractivity contribution in [1.82, 2.24) is 9.97 Å². The second-order valence-electron chi connectivity index (χ2n) is 9.69. The van der Waals surface area contributed by atoms with Crippen molar-refractivity contribution in [3.8, 4) is 0 Å². The van der Waals surface area contributed by atoms with Gasteiger partial charge in [-0.25, -0.2) is 31.9 Å². The predicted molar refractivity (Wildman–Crippen MR) is 146 cm³/mol. The molecule has 4 unspecified atom stereocenters. The average Bonchev–Trinajstić information content (AvgIpc) is 3.03. The molecule has 2 N–H and O–H groups in total. The van der Waals surface area contributed by atoms with Crippen LogP contribution in [0.1, 0.15) is 46.4 Å². The Morgan fingerprint density at radius 1 is 0.860 bits per heavy atom. The van der Waals surface area contributed by atoms with Gasteiger partial charge in [0.05, 0.1) is 18.8 Å². The number of aliphatic hydroxyl groups excluding tert-OH is 1.